The first-order valence-electron chi connectivity index (χ1n) is 8.75. The van der Waals surface area contributed by atoms with Gasteiger partial charge in [-0.25, -0.2) is 4.99 Å². The molecule has 0 bridgehead atoms. The maximum atomic E-state index is 12.6. The Bertz CT molecular complexity index is 539. The molecular formula is C18H26F3N3O. The van der Waals surface area contributed by atoms with Crippen molar-refractivity contribution in [2.24, 2.45) is 10.9 Å². The van der Waals surface area contributed by atoms with Crippen LogP contribution < -0.4 is 10.6 Å². The summed E-state index contributed by atoms with van der Waals surface area (Å²) in [6.45, 7) is 5.34. The molecule has 7 heteroatoms. The summed E-state index contributed by atoms with van der Waals surface area (Å²) in [4.78, 5) is 4.40. The van der Waals surface area contributed by atoms with Crippen molar-refractivity contribution in [3.8, 4) is 0 Å². The van der Waals surface area contributed by atoms with Crippen molar-refractivity contribution >= 4 is 5.96 Å². The summed E-state index contributed by atoms with van der Waals surface area (Å²) in [5.41, 5.74) is 0.0921. The van der Waals surface area contributed by atoms with E-state index in [1.807, 2.05) is 6.92 Å². The predicted octanol–water partition coefficient (Wildman–Crippen LogP) is 3.58. The van der Waals surface area contributed by atoms with Crippen molar-refractivity contribution in [1.29, 1.82) is 0 Å². The van der Waals surface area contributed by atoms with Crippen LogP contribution in [0.3, 0.4) is 0 Å². The molecule has 1 aliphatic rings. The van der Waals surface area contributed by atoms with Gasteiger partial charge in [-0.1, -0.05) is 12.1 Å². The van der Waals surface area contributed by atoms with E-state index in [1.165, 1.54) is 25.0 Å². The molecule has 0 aliphatic heterocycles. The molecule has 1 fully saturated rings. The smallest absolute Gasteiger partial charge is 0.381 e. The summed E-state index contributed by atoms with van der Waals surface area (Å²) >= 11 is 0. The molecule has 25 heavy (non-hydrogen) atoms. The Hall–Kier alpha value is -1.76. The monoisotopic (exact) mass is 357 g/mol. The van der Waals surface area contributed by atoms with Gasteiger partial charge in [0.1, 0.15) is 0 Å². The Morgan fingerprint density at radius 1 is 1.20 bits per heavy atom. The van der Waals surface area contributed by atoms with Gasteiger partial charge in [0.25, 0.3) is 0 Å². The highest BCUT2D eigenvalue weighted by molar-refractivity contribution is 5.79. The normalized spacial score (nSPS) is 15.3. The van der Waals surface area contributed by atoms with Crippen LogP contribution >= 0.6 is 0 Å². The summed E-state index contributed by atoms with van der Waals surface area (Å²) in [5, 5.41) is 6.33. The maximum Gasteiger partial charge on any atom is 0.416 e. The summed E-state index contributed by atoms with van der Waals surface area (Å²) in [6, 6.07) is 5.09. The third-order valence-corrected chi connectivity index (χ3v) is 3.85. The summed E-state index contributed by atoms with van der Waals surface area (Å²) in [5.74, 6) is 1.43. The lowest BCUT2D eigenvalue weighted by molar-refractivity contribution is -0.137. The van der Waals surface area contributed by atoms with Crippen molar-refractivity contribution in [3.05, 3.63) is 35.4 Å². The molecule has 2 N–H and O–H groups in total. The Labute approximate surface area is 146 Å². The summed E-state index contributed by atoms with van der Waals surface area (Å²) < 4.78 is 43.2. The maximum absolute atomic E-state index is 12.6. The van der Waals surface area contributed by atoms with Gasteiger partial charge in [0, 0.05) is 26.3 Å². The Morgan fingerprint density at radius 3 is 2.52 bits per heavy atom. The largest absolute Gasteiger partial charge is 0.416 e. The van der Waals surface area contributed by atoms with E-state index in [0.717, 1.165) is 56.3 Å². The van der Waals surface area contributed by atoms with Crippen LogP contribution in [0.4, 0.5) is 13.2 Å². The van der Waals surface area contributed by atoms with Crippen molar-refractivity contribution < 1.29 is 17.9 Å². The number of hydrogen-bond donors (Lipinski definition) is 2. The van der Waals surface area contributed by atoms with E-state index in [0.29, 0.717) is 12.5 Å². The topological polar surface area (TPSA) is 45.7 Å². The van der Waals surface area contributed by atoms with Crippen molar-refractivity contribution in [1.82, 2.24) is 10.6 Å². The number of rotatable bonds is 9. The molecule has 0 aromatic heterocycles. The average molecular weight is 357 g/mol. The average Bonchev–Trinajstić information content (AvgIpc) is 3.39. The molecule has 0 radical (unpaired) electrons. The van der Waals surface area contributed by atoms with Crippen LogP contribution in [0.5, 0.6) is 0 Å². The number of hydrogen-bond acceptors (Lipinski definition) is 2. The second kappa shape index (κ2) is 9.65. The molecule has 1 aromatic carbocycles. The zero-order chi connectivity index (χ0) is 18.1. The molecule has 1 aromatic rings. The van der Waals surface area contributed by atoms with Crippen LogP contribution in [-0.4, -0.2) is 32.3 Å². The van der Waals surface area contributed by atoms with Crippen LogP contribution in [0.25, 0.3) is 0 Å². The fourth-order valence-corrected chi connectivity index (χ4v) is 2.23. The molecule has 1 saturated carbocycles. The van der Waals surface area contributed by atoms with Crippen LogP contribution in [-0.2, 0) is 17.5 Å². The molecule has 0 saturated heterocycles. The minimum absolute atomic E-state index is 0.325. The van der Waals surface area contributed by atoms with Gasteiger partial charge in [-0.15, -0.1) is 0 Å². The number of alkyl halides is 3. The molecule has 0 spiro atoms. The van der Waals surface area contributed by atoms with Gasteiger partial charge in [0.05, 0.1) is 12.1 Å². The molecule has 0 atom stereocenters. The van der Waals surface area contributed by atoms with Gasteiger partial charge in [0.2, 0.25) is 0 Å². The fraction of sp³-hybridized carbons (Fsp3) is 0.611. The number of nitrogens with one attached hydrogen (secondary N) is 2. The van der Waals surface area contributed by atoms with E-state index >= 15 is 0 Å². The van der Waals surface area contributed by atoms with E-state index in [-0.39, 0.29) is 0 Å². The van der Waals surface area contributed by atoms with Gasteiger partial charge in [-0.05, 0) is 49.8 Å². The highest BCUT2D eigenvalue weighted by Gasteiger charge is 2.29. The van der Waals surface area contributed by atoms with E-state index in [1.54, 1.807) is 0 Å². The lowest BCUT2D eigenvalue weighted by atomic mass is 10.1. The lowest BCUT2D eigenvalue weighted by Crippen LogP contribution is -2.38. The van der Waals surface area contributed by atoms with Crippen LogP contribution in [0.2, 0.25) is 0 Å². The van der Waals surface area contributed by atoms with E-state index in [2.05, 4.69) is 15.6 Å². The molecule has 140 valence electrons. The molecule has 4 nitrogen and oxygen atoms in total. The third kappa shape index (κ3) is 7.77. The molecule has 1 aliphatic carbocycles. The highest BCUT2D eigenvalue weighted by atomic mass is 19.4. The zero-order valence-electron chi connectivity index (χ0n) is 14.5. The second-order valence-electron chi connectivity index (χ2n) is 6.19. The first-order valence-corrected chi connectivity index (χ1v) is 8.75. The Kier molecular flexibility index (Phi) is 7.55. The Morgan fingerprint density at radius 2 is 1.92 bits per heavy atom. The number of halogens is 3. The molecule has 0 amide bonds. The summed E-state index contributed by atoms with van der Waals surface area (Å²) in [6.07, 6.45) is -0.837. The number of guanidine groups is 1. The first-order chi connectivity index (χ1) is 12.0. The minimum atomic E-state index is -4.31. The highest BCUT2D eigenvalue weighted by Crippen LogP contribution is 2.29. The second-order valence-corrected chi connectivity index (χ2v) is 6.19. The SMILES string of the molecule is CCNC(=NCc1ccc(C(F)(F)F)cc1)NCCCOCC1CC1. The zero-order valence-corrected chi connectivity index (χ0v) is 14.5. The van der Waals surface area contributed by atoms with Crippen molar-refractivity contribution in [2.75, 3.05) is 26.3 Å². The first kappa shape index (κ1) is 19.6. The van der Waals surface area contributed by atoms with Gasteiger partial charge in [-0.3, -0.25) is 0 Å². The standard InChI is InChI=1S/C18H26F3N3O/c1-2-22-17(23-10-3-11-25-13-15-4-5-15)24-12-14-6-8-16(9-7-14)18(19,20)21/h6-9,15H,2-5,10-13H2,1H3,(H2,22,23,24). The molecule has 0 heterocycles. The molecular weight excluding hydrogens is 331 g/mol. The van der Waals surface area contributed by atoms with Crippen LogP contribution in [0.15, 0.2) is 29.3 Å². The van der Waals surface area contributed by atoms with Gasteiger partial charge in [-0.2, -0.15) is 13.2 Å². The van der Waals surface area contributed by atoms with Crippen LogP contribution in [0.1, 0.15) is 37.3 Å². The van der Waals surface area contributed by atoms with Crippen LogP contribution in [0, 0.1) is 5.92 Å². The predicted molar refractivity (Wildman–Crippen MR) is 92.4 cm³/mol. The van der Waals surface area contributed by atoms with E-state index in [9.17, 15) is 13.2 Å². The number of nitrogens with zero attached hydrogens (tertiary/aromatic N) is 1. The van der Waals surface area contributed by atoms with E-state index in [4.69, 9.17) is 4.74 Å². The molecule has 0 unspecified atom stereocenters. The lowest BCUT2D eigenvalue weighted by Gasteiger charge is -2.12. The van der Waals surface area contributed by atoms with Gasteiger partial charge in [0.15, 0.2) is 5.96 Å². The number of ether oxygens (including phenoxy) is 1. The van der Waals surface area contributed by atoms with Gasteiger partial charge < -0.3 is 15.4 Å². The minimum Gasteiger partial charge on any atom is -0.381 e. The summed E-state index contributed by atoms with van der Waals surface area (Å²) in [7, 11) is 0. The van der Waals surface area contributed by atoms with E-state index < -0.39 is 11.7 Å². The number of aliphatic imine (C=N–C) groups is 1. The van der Waals surface area contributed by atoms with Crippen molar-refractivity contribution in [2.45, 2.75) is 38.9 Å². The molecule has 2 rings (SSSR count). The van der Waals surface area contributed by atoms with Gasteiger partial charge >= 0.3 is 6.18 Å². The third-order valence-electron chi connectivity index (χ3n) is 3.85. The quantitative estimate of drug-likeness (QED) is 0.403. The Balaban J connectivity index is 1.73. The number of benzene rings is 1. The van der Waals surface area contributed by atoms with Crippen molar-refractivity contribution in [3.63, 3.8) is 0 Å². The fourth-order valence-electron chi connectivity index (χ4n) is 2.23.